The van der Waals surface area contributed by atoms with Crippen molar-refractivity contribution in [2.24, 2.45) is 5.10 Å². The lowest BCUT2D eigenvalue weighted by Crippen LogP contribution is -2.21. The number of aromatic hydroxyl groups is 1. The number of hydrazone groups is 1. The van der Waals surface area contributed by atoms with Gasteiger partial charge in [-0.25, -0.2) is 0 Å². The van der Waals surface area contributed by atoms with Gasteiger partial charge in [0, 0.05) is 17.6 Å². The third kappa shape index (κ3) is 2.80. The van der Waals surface area contributed by atoms with Crippen LogP contribution in [0.4, 0.5) is 5.69 Å². The van der Waals surface area contributed by atoms with Crippen molar-refractivity contribution in [3.05, 3.63) is 84.2 Å². The summed E-state index contributed by atoms with van der Waals surface area (Å²) >= 11 is 0. The molecule has 3 aromatic rings. The number of phenolic OH excluding ortho intramolecular Hbond substituents is 1. The first kappa shape index (κ1) is 15.9. The Morgan fingerprint density at radius 2 is 1.65 bits per heavy atom. The molecular formula is C21H17N3O2. The number of amides is 1. The molecule has 26 heavy (non-hydrogen) atoms. The Bertz CT molecular complexity index is 1010. The molecule has 0 bridgehead atoms. The summed E-state index contributed by atoms with van der Waals surface area (Å²) in [6.45, 7) is 1.83. The van der Waals surface area contributed by atoms with Crippen molar-refractivity contribution in [3.63, 3.8) is 0 Å². The summed E-state index contributed by atoms with van der Waals surface area (Å²) in [5, 5.41) is 15.3. The van der Waals surface area contributed by atoms with Gasteiger partial charge in [-0.1, -0.05) is 18.2 Å². The zero-order chi connectivity index (χ0) is 18.1. The van der Waals surface area contributed by atoms with Crippen LogP contribution < -0.4 is 5.01 Å². The second-order valence-electron chi connectivity index (χ2n) is 6.02. The zero-order valence-corrected chi connectivity index (χ0v) is 14.2. The molecular weight excluding hydrogens is 326 g/mol. The predicted octanol–water partition coefficient (Wildman–Crippen LogP) is 3.99. The standard InChI is InChI=1S/C21H17N3O2/c1-15-20(21(26)24(22-15)17-6-3-2-4-7-17)14-18-8-5-13-23(18)16-9-11-19(25)12-10-16/h2-14,25H,1H3/b20-14-. The summed E-state index contributed by atoms with van der Waals surface area (Å²) in [4.78, 5) is 12.8. The number of anilines is 1. The van der Waals surface area contributed by atoms with Gasteiger partial charge in [0.1, 0.15) is 5.75 Å². The van der Waals surface area contributed by atoms with Crippen LogP contribution in [0, 0.1) is 0 Å². The highest BCUT2D eigenvalue weighted by atomic mass is 16.3. The SMILES string of the molecule is CC1=NN(c2ccccc2)C(=O)/C1=C\c1cccn1-c1ccc(O)cc1. The van der Waals surface area contributed by atoms with E-state index in [1.54, 1.807) is 12.1 Å². The minimum absolute atomic E-state index is 0.146. The van der Waals surface area contributed by atoms with E-state index in [0.29, 0.717) is 11.3 Å². The zero-order valence-electron chi connectivity index (χ0n) is 14.2. The molecule has 0 fully saturated rings. The van der Waals surface area contributed by atoms with Crippen molar-refractivity contribution in [2.75, 3.05) is 5.01 Å². The van der Waals surface area contributed by atoms with Gasteiger partial charge >= 0.3 is 0 Å². The van der Waals surface area contributed by atoms with Crippen LogP contribution in [0.1, 0.15) is 12.6 Å². The molecule has 1 aliphatic heterocycles. The van der Waals surface area contributed by atoms with E-state index in [9.17, 15) is 9.90 Å². The van der Waals surface area contributed by atoms with Crippen LogP contribution in [-0.2, 0) is 4.79 Å². The van der Waals surface area contributed by atoms with Gasteiger partial charge in [0.05, 0.1) is 17.0 Å². The summed E-state index contributed by atoms with van der Waals surface area (Å²) < 4.78 is 1.96. The maximum Gasteiger partial charge on any atom is 0.280 e. The second kappa shape index (κ2) is 6.37. The van der Waals surface area contributed by atoms with Gasteiger partial charge in [0.25, 0.3) is 5.91 Å². The molecule has 0 saturated heterocycles. The van der Waals surface area contributed by atoms with Gasteiger partial charge in [0.15, 0.2) is 0 Å². The molecule has 0 unspecified atom stereocenters. The minimum Gasteiger partial charge on any atom is -0.508 e. The summed E-state index contributed by atoms with van der Waals surface area (Å²) in [6.07, 6.45) is 3.76. The maximum atomic E-state index is 12.8. The van der Waals surface area contributed by atoms with Crippen LogP contribution >= 0.6 is 0 Å². The van der Waals surface area contributed by atoms with Crippen molar-refractivity contribution in [1.82, 2.24) is 4.57 Å². The average Bonchev–Trinajstić information content (AvgIpc) is 3.23. The molecule has 1 N–H and O–H groups in total. The Morgan fingerprint density at radius 1 is 0.923 bits per heavy atom. The first-order valence-corrected chi connectivity index (χ1v) is 8.27. The van der Waals surface area contributed by atoms with Gasteiger partial charge in [-0.3, -0.25) is 4.79 Å². The number of nitrogens with zero attached hydrogens (tertiary/aromatic N) is 3. The number of benzene rings is 2. The third-order valence-corrected chi connectivity index (χ3v) is 4.26. The Morgan fingerprint density at radius 3 is 2.38 bits per heavy atom. The number of carbonyl (C=O) groups excluding carboxylic acids is 1. The van der Waals surface area contributed by atoms with Crippen LogP contribution in [0.2, 0.25) is 0 Å². The Balaban J connectivity index is 1.70. The average molecular weight is 343 g/mol. The van der Waals surface area contributed by atoms with Crippen LogP contribution in [0.25, 0.3) is 11.8 Å². The molecule has 128 valence electrons. The van der Waals surface area contributed by atoms with E-state index in [4.69, 9.17) is 0 Å². The van der Waals surface area contributed by atoms with Gasteiger partial charge in [-0.05, 0) is 61.5 Å². The third-order valence-electron chi connectivity index (χ3n) is 4.26. The largest absolute Gasteiger partial charge is 0.508 e. The Labute approximate surface area is 151 Å². The van der Waals surface area contributed by atoms with Crippen molar-refractivity contribution in [2.45, 2.75) is 6.92 Å². The molecule has 2 heterocycles. The number of phenols is 1. The molecule has 0 spiro atoms. The number of carbonyl (C=O) groups is 1. The van der Waals surface area contributed by atoms with E-state index in [1.165, 1.54) is 5.01 Å². The Kier molecular flexibility index (Phi) is 3.89. The van der Waals surface area contributed by atoms with Crippen molar-refractivity contribution in [3.8, 4) is 11.4 Å². The molecule has 5 nitrogen and oxygen atoms in total. The quantitative estimate of drug-likeness (QED) is 0.731. The van der Waals surface area contributed by atoms with E-state index in [-0.39, 0.29) is 11.7 Å². The number of hydrogen-bond acceptors (Lipinski definition) is 3. The maximum absolute atomic E-state index is 12.8. The molecule has 0 atom stereocenters. The Hall–Kier alpha value is -3.60. The molecule has 5 heteroatoms. The fraction of sp³-hybridized carbons (Fsp3) is 0.0476. The van der Waals surface area contributed by atoms with E-state index >= 15 is 0 Å². The number of hydrogen-bond donors (Lipinski definition) is 1. The number of rotatable bonds is 3. The van der Waals surface area contributed by atoms with E-state index < -0.39 is 0 Å². The highest BCUT2D eigenvalue weighted by molar-refractivity contribution is 6.32. The normalized spacial score (nSPS) is 15.6. The summed E-state index contributed by atoms with van der Waals surface area (Å²) in [5.74, 6) is 0.0698. The van der Waals surface area contributed by atoms with Gasteiger partial charge in [-0.15, -0.1) is 0 Å². The summed E-state index contributed by atoms with van der Waals surface area (Å²) in [6, 6.07) is 20.2. The molecule has 0 radical (unpaired) electrons. The second-order valence-corrected chi connectivity index (χ2v) is 6.02. The van der Waals surface area contributed by atoms with Crippen molar-refractivity contribution >= 4 is 23.4 Å². The first-order chi connectivity index (χ1) is 12.6. The lowest BCUT2D eigenvalue weighted by molar-refractivity contribution is -0.114. The lowest BCUT2D eigenvalue weighted by atomic mass is 10.1. The smallest absolute Gasteiger partial charge is 0.280 e. The summed E-state index contributed by atoms with van der Waals surface area (Å²) in [7, 11) is 0. The van der Waals surface area contributed by atoms with E-state index in [2.05, 4.69) is 5.10 Å². The van der Waals surface area contributed by atoms with Gasteiger partial charge < -0.3 is 9.67 Å². The van der Waals surface area contributed by atoms with Gasteiger partial charge in [0.2, 0.25) is 0 Å². The highest BCUT2D eigenvalue weighted by Gasteiger charge is 2.28. The molecule has 1 aromatic heterocycles. The van der Waals surface area contributed by atoms with Crippen molar-refractivity contribution < 1.29 is 9.90 Å². The predicted molar refractivity (Wildman–Crippen MR) is 102 cm³/mol. The van der Waals surface area contributed by atoms with Crippen LogP contribution in [-0.4, -0.2) is 21.3 Å². The summed E-state index contributed by atoms with van der Waals surface area (Å²) in [5.41, 5.74) is 3.75. The minimum atomic E-state index is -0.146. The molecule has 4 rings (SSSR count). The number of aromatic nitrogens is 1. The fourth-order valence-corrected chi connectivity index (χ4v) is 2.94. The number of para-hydroxylation sites is 1. The first-order valence-electron chi connectivity index (χ1n) is 8.27. The molecule has 2 aromatic carbocycles. The molecule has 1 aliphatic rings. The molecule has 0 saturated carbocycles. The molecule has 0 aliphatic carbocycles. The van der Waals surface area contributed by atoms with E-state index in [0.717, 1.165) is 17.1 Å². The highest BCUT2D eigenvalue weighted by Crippen LogP contribution is 2.25. The topological polar surface area (TPSA) is 57.8 Å². The van der Waals surface area contributed by atoms with Gasteiger partial charge in [-0.2, -0.15) is 10.1 Å². The van der Waals surface area contributed by atoms with Crippen LogP contribution in [0.5, 0.6) is 5.75 Å². The van der Waals surface area contributed by atoms with Crippen LogP contribution in [0.3, 0.4) is 0 Å². The fourth-order valence-electron chi connectivity index (χ4n) is 2.94. The molecule has 1 amide bonds. The lowest BCUT2D eigenvalue weighted by Gasteiger charge is -2.11. The van der Waals surface area contributed by atoms with Crippen molar-refractivity contribution in [1.29, 1.82) is 0 Å². The monoisotopic (exact) mass is 343 g/mol. The van der Waals surface area contributed by atoms with E-state index in [1.807, 2.05) is 78.4 Å². The van der Waals surface area contributed by atoms with Crippen LogP contribution in [0.15, 0.2) is 83.6 Å².